The Hall–Kier alpha value is -2.04. The molecule has 1 N–H and O–H groups in total. The standard InChI is InChI=1S/C18H24N2O3/c1-13-5-6-14(15(11-13)20-9-3-4-10-20)12-19-16(21)18(7-8-18)17(22)23-2/h5-6,11H,3-4,7-10,12H2,1-2H3,(H,19,21). The third-order valence-electron chi connectivity index (χ3n) is 4.89. The zero-order chi connectivity index (χ0) is 16.4. The molecule has 1 saturated carbocycles. The molecule has 1 aliphatic carbocycles. The van der Waals surface area contributed by atoms with E-state index in [9.17, 15) is 9.59 Å². The number of nitrogens with one attached hydrogen (secondary N) is 1. The Morgan fingerprint density at radius 1 is 1.26 bits per heavy atom. The van der Waals surface area contributed by atoms with Crippen molar-refractivity contribution < 1.29 is 14.3 Å². The van der Waals surface area contributed by atoms with Crippen molar-refractivity contribution in [2.24, 2.45) is 5.41 Å². The number of carbonyl (C=O) groups is 2. The zero-order valence-corrected chi connectivity index (χ0v) is 13.9. The lowest BCUT2D eigenvalue weighted by atomic mass is 10.1. The molecule has 0 aromatic heterocycles. The number of benzene rings is 1. The fourth-order valence-electron chi connectivity index (χ4n) is 3.26. The summed E-state index contributed by atoms with van der Waals surface area (Å²) < 4.78 is 4.76. The van der Waals surface area contributed by atoms with Crippen LogP contribution in [0.3, 0.4) is 0 Å². The van der Waals surface area contributed by atoms with E-state index in [4.69, 9.17) is 4.74 Å². The lowest BCUT2D eigenvalue weighted by Gasteiger charge is -2.23. The van der Waals surface area contributed by atoms with Gasteiger partial charge in [-0.1, -0.05) is 12.1 Å². The second-order valence-corrected chi connectivity index (χ2v) is 6.58. The van der Waals surface area contributed by atoms with Crippen LogP contribution in [0.5, 0.6) is 0 Å². The Morgan fingerprint density at radius 2 is 1.96 bits per heavy atom. The zero-order valence-electron chi connectivity index (χ0n) is 13.9. The molecule has 0 bridgehead atoms. The smallest absolute Gasteiger partial charge is 0.321 e. The molecule has 3 rings (SSSR count). The summed E-state index contributed by atoms with van der Waals surface area (Å²) in [7, 11) is 1.33. The molecular formula is C18H24N2O3. The SMILES string of the molecule is COC(=O)C1(C(=O)NCc2ccc(C)cc2N2CCCC2)CC1. The fraction of sp³-hybridized carbons (Fsp3) is 0.556. The maximum Gasteiger partial charge on any atom is 0.321 e. The van der Waals surface area contributed by atoms with Crippen molar-refractivity contribution in [2.45, 2.75) is 39.2 Å². The first-order valence-corrected chi connectivity index (χ1v) is 8.28. The lowest BCUT2D eigenvalue weighted by molar-refractivity contribution is -0.152. The molecule has 124 valence electrons. The predicted octanol–water partition coefficient (Wildman–Crippen LogP) is 2.16. The molecule has 2 aliphatic rings. The number of esters is 1. The molecule has 1 aromatic rings. The van der Waals surface area contributed by atoms with E-state index in [1.807, 2.05) is 0 Å². The molecule has 5 heteroatoms. The summed E-state index contributed by atoms with van der Waals surface area (Å²) in [5.74, 6) is -0.629. The molecule has 0 radical (unpaired) electrons. The van der Waals surface area contributed by atoms with E-state index in [1.165, 1.54) is 31.2 Å². The Labute approximate surface area is 137 Å². The van der Waals surface area contributed by atoms with Crippen LogP contribution in [0.4, 0.5) is 5.69 Å². The molecule has 2 fully saturated rings. The summed E-state index contributed by atoms with van der Waals surface area (Å²) in [5.41, 5.74) is 2.58. The van der Waals surface area contributed by atoms with Crippen molar-refractivity contribution in [3.63, 3.8) is 0 Å². The van der Waals surface area contributed by atoms with Crippen LogP contribution in [0.25, 0.3) is 0 Å². The van der Waals surface area contributed by atoms with Gasteiger partial charge in [0, 0.05) is 25.3 Å². The van der Waals surface area contributed by atoms with Gasteiger partial charge in [-0.25, -0.2) is 0 Å². The highest BCUT2D eigenvalue weighted by atomic mass is 16.5. The van der Waals surface area contributed by atoms with E-state index in [-0.39, 0.29) is 5.91 Å². The van der Waals surface area contributed by atoms with Gasteiger partial charge in [0.2, 0.25) is 5.91 Å². The highest BCUT2D eigenvalue weighted by Gasteiger charge is 2.57. The summed E-state index contributed by atoms with van der Waals surface area (Å²) in [5, 5.41) is 2.93. The molecule has 1 saturated heterocycles. The summed E-state index contributed by atoms with van der Waals surface area (Å²) in [6.45, 7) is 4.66. The third-order valence-corrected chi connectivity index (χ3v) is 4.89. The van der Waals surface area contributed by atoms with Gasteiger partial charge in [-0.15, -0.1) is 0 Å². The molecule has 0 atom stereocenters. The van der Waals surface area contributed by atoms with Gasteiger partial charge in [0.1, 0.15) is 5.41 Å². The van der Waals surface area contributed by atoms with Gasteiger partial charge in [0.05, 0.1) is 7.11 Å². The maximum absolute atomic E-state index is 12.4. The van der Waals surface area contributed by atoms with Crippen LogP contribution in [0, 0.1) is 12.3 Å². The molecule has 1 aromatic carbocycles. The minimum absolute atomic E-state index is 0.211. The fourth-order valence-corrected chi connectivity index (χ4v) is 3.26. The normalized spacial score (nSPS) is 18.6. The van der Waals surface area contributed by atoms with Crippen LogP contribution in [0.2, 0.25) is 0 Å². The van der Waals surface area contributed by atoms with Crippen molar-refractivity contribution >= 4 is 17.6 Å². The first-order valence-electron chi connectivity index (χ1n) is 8.28. The number of methoxy groups -OCH3 is 1. The number of hydrogen-bond acceptors (Lipinski definition) is 4. The van der Waals surface area contributed by atoms with E-state index in [0.717, 1.165) is 18.7 Å². The molecule has 0 unspecified atom stereocenters. The number of amides is 1. The second-order valence-electron chi connectivity index (χ2n) is 6.58. The quantitative estimate of drug-likeness (QED) is 0.668. The Kier molecular flexibility index (Phi) is 4.28. The highest BCUT2D eigenvalue weighted by molar-refractivity contribution is 6.05. The maximum atomic E-state index is 12.4. The van der Waals surface area contributed by atoms with Gasteiger partial charge in [-0.2, -0.15) is 0 Å². The van der Waals surface area contributed by atoms with E-state index in [2.05, 4.69) is 35.3 Å². The Balaban J connectivity index is 1.71. The first kappa shape index (κ1) is 15.8. The van der Waals surface area contributed by atoms with E-state index in [0.29, 0.717) is 19.4 Å². The molecule has 5 nitrogen and oxygen atoms in total. The first-order chi connectivity index (χ1) is 11.1. The minimum Gasteiger partial charge on any atom is -0.468 e. The number of hydrogen-bond donors (Lipinski definition) is 1. The van der Waals surface area contributed by atoms with Crippen LogP contribution in [-0.2, 0) is 20.9 Å². The van der Waals surface area contributed by atoms with Crippen molar-refractivity contribution in [3.05, 3.63) is 29.3 Å². The summed E-state index contributed by atoms with van der Waals surface area (Å²) >= 11 is 0. The Morgan fingerprint density at radius 3 is 2.57 bits per heavy atom. The number of anilines is 1. The summed E-state index contributed by atoms with van der Waals surface area (Å²) in [4.78, 5) is 26.5. The second kappa shape index (κ2) is 6.22. The van der Waals surface area contributed by atoms with Crippen molar-refractivity contribution in [1.82, 2.24) is 5.32 Å². The summed E-state index contributed by atoms with van der Waals surface area (Å²) in [6, 6.07) is 6.31. The van der Waals surface area contributed by atoms with E-state index < -0.39 is 11.4 Å². The van der Waals surface area contributed by atoms with Gasteiger partial charge >= 0.3 is 5.97 Å². The van der Waals surface area contributed by atoms with E-state index >= 15 is 0 Å². The van der Waals surface area contributed by atoms with Gasteiger partial charge in [0.15, 0.2) is 0 Å². The van der Waals surface area contributed by atoms with Crippen molar-refractivity contribution in [1.29, 1.82) is 0 Å². The predicted molar refractivity (Wildman–Crippen MR) is 88.2 cm³/mol. The highest BCUT2D eigenvalue weighted by Crippen LogP contribution is 2.47. The average molecular weight is 316 g/mol. The number of rotatable bonds is 5. The number of nitrogens with zero attached hydrogens (tertiary/aromatic N) is 1. The van der Waals surface area contributed by atoms with Crippen LogP contribution in [0.1, 0.15) is 36.8 Å². The average Bonchev–Trinajstić information content (AvgIpc) is 3.19. The monoisotopic (exact) mass is 316 g/mol. The molecule has 23 heavy (non-hydrogen) atoms. The topological polar surface area (TPSA) is 58.6 Å². The molecule has 1 amide bonds. The number of carbonyl (C=O) groups excluding carboxylic acids is 2. The molecule has 1 heterocycles. The van der Waals surface area contributed by atoms with Gasteiger partial charge in [-0.3, -0.25) is 9.59 Å². The van der Waals surface area contributed by atoms with Crippen molar-refractivity contribution in [2.75, 3.05) is 25.1 Å². The molecule has 0 spiro atoms. The Bertz CT molecular complexity index is 617. The molecular weight excluding hydrogens is 292 g/mol. The van der Waals surface area contributed by atoms with Crippen molar-refractivity contribution in [3.8, 4) is 0 Å². The van der Waals surface area contributed by atoms with E-state index in [1.54, 1.807) is 0 Å². The van der Waals surface area contributed by atoms with Crippen LogP contribution < -0.4 is 10.2 Å². The third kappa shape index (κ3) is 3.05. The number of aryl methyl sites for hydroxylation is 1. The summed E-state index contributed by atoms with van der Waals surface area (Å²) in [6.07, 6.45) is 3.59. The van der Waals surface area contributed by atoms with Crippen LogP contribution >= 0.6 is 0 Å². The van der Waals surface area contributed by atoms with Gasteiger partial charge in [-0.05, 0) is 49.8 Å². The molecule has 1 aliphatic heterocycles. The van der Waals surface area contributed by atoms with Crippen LogP contribution in [-0.4, -0.2) is 32.1 Å². The van der Waals surface area contributed by atoms with Gasteiger partial charge < -0.3 is 15.0 Å². The lowest BCUT2D eigenvalue weighted by Crippen LogP contribution is -2.37. The largest absolute Gasteiger partial charge is 0.468 e. The number of ether oxygens (including phenoxy) is 1. The van der Waals surface area contributed by atoms with Crippen LogP contribution in [0.15, 0.2) is 18.2 Å². The minimum atomic E-state index is -0.937. The van der Waals surface area contributed by atoms with Gasteiger partial charge in [0.25, 0.3) is 0 Å².